The summed E-state index contributed by atoms with van der Waals surface area (Å²) in [6.07, 6.45) is 1.15. The van der Waals surface area contributed by atoms with Crippen molar-refractivity contribution in [2.75, 3.05) is 26.2 Å². The van der Waals surface area contributed by atoms with Gasteiger partial charge in [0.15, 0.2) is 0 Å². The van der Waals surface area contributed by atoms with Crippen molar-refractivity contribution in [3.8, 4) is 0 Å². The molecule has 0 saturated carbocycles. The van der Waals surface area contributed by atoms with Crippen LogP contribution in [0, 0.1) is 5.92 Å². The highest BCUT2D eigenvalue weighted by atomic mass is 16.3. The van der Waals surface area contributed by atoms with E-state index in [0.717, 1.165) is 32.0 Å². The van der Waals surface area contributed by atoms with Crippen LogP contribution < -0.4 is 28.3 Å². The minimum absolute atomic E-state index is 0.0486. The molecule has 0 bridgehead atoms. The van der Waals surface area contributed by atoms with E-state index in [4.69, 9.17) is 28.0 Å². The highest BCUT2D eigenvalue weighted by Gasteiger charge is 2.05. The minimum atomic E-state index is -0.403. The number of hydrogen-bond acceptors (Lipinski definition) is 6. The summed E-state index contributed by atoms with van der Waals surface area (Å²) in [6, 6.07) is 10.3. The molecule has 1 aromatic carbocycles. The van der Waals surface area contributed by atoms with Crippen molar-refractivity contribution in [2.24, 2.45) is 28.9 Å². The molecule has 0 saturated heterocycles. The van der Waals surface area contributed by atoms with Crippen molar-refractivity contribution >= 4 is 0 Å². The average molecular weight is 356 g/mol. The summed E-state index contributed by atoms with van der Waals surface area (Å²) in [6.45, 7) is 10.9. The van der Waals surface area contributed by atoms with E-state index in [2.05, 4.69) is 31.3 Å². The van der Waals surface area contributed by atoms with E-state index in [1.807, 2.05) is 18.2 Å². The molecule has 0 amide bonds. The van der Waals surface area contributed by atoms with Crippen LogP contribution in [-0.2, 0) is 6.54 Å². The first-order valence-corrected chi connectivity index (χ1v) is 8.96. The fourth-order valence-corrected chi connectivity index (χ4v) is 1.41. The summed E-state index contributed by atoms with van der Waals surface area (Å²) in [7, 11) is 0. The molecule has 0 radical (unpaired) electrons. The molecule has 0 fully saturated rings. The van der Waals surface area contributed by atoms with Gasteiger partial charge in [-0.15, -0.1) is 0 Å². The molecule has 0 aliphatic carbocycles. The van der Waals surface area contributed by atoms with Gasteiger partial charge in [-0.3, -0.25) is 0 Å². The van der Waals surface area contributed by atoms with E-state index in [1.165, 1.54) is 5.56 Å². The van der Waals surface area contributed by atoms with Crippen molar-refractivity contribution < 1.29 is 5.11 Å². The standard InChI is InChI=1S/C10H17N3.C5H13N.C4H11NO/c11-6-10(12)8-13-7-9-4-2-1-3-5-9;1-5(2)3-4-6;1-4(2,5)3-6/h1-5,10,13H,6-8,11-12H2;5H,3-4,6H2,1-2H3;6H,3,5H2,1-2H3. The van der Waals surface area contributed by atoms with Crippen LogP contribution in [0.5, 0.6) is 0 Å². The highest BCUT2D eigenvalue weighted by Crippen LogP contribution is 1.96. The highest BCUT2D eigenvalue weighted by molar-refractivity contribution is 5.14. The number of hydrogen-bond donors (Lipinski definition) is 6. The molecule has 1 rings (SSSR count). The van der Waals surface area contributed by atoms with Gasteiger partial charge in [-0.1, -0.05) is 44.2 Å². The van der Waals surface area contributed by atoms with Crippen LogP contribution in [-0.4, -0.2) is 42.9 Å². The number of benzene rings is 1. The SMILES string of the molecule is CC(C)(N)CO.CC(C)CCN.NCC(N)CNCc1ccccc1. The molecule has 10 N–H and O–H groups in total. The largest absolute Gasteiger partial charge is 0.394 e. The summed E-state index contributed by atoms with van der Waals surface area (Å²) in [5.41, 5.74) is 22.4. The summed E-state index contributed by atoms with van der Waals surface area (Å²) in [5, 5.41) is 11.5. The Hall–Kier alpha value is -1.02. The zero-order valence-corrected chi connectivity index (χ0v) is 16.5. The average Bonchev–Trinajstić information content (AvgIpc) is 2.56. The lowest BCUT2D eigenvalue weighted by Crippen LogP contribution is -2.39. The second-order valence-electron chi connectivity index (χ2n) is 7.23. The van der Waals surface area contributed by atoms with Crippen molar-refractivity contribution in [1.29, 1.82) is 0 Å². The van der Waals surface area contributed by atoms with Gasteiger partial charge in [0.25, 0.3) is 0 Å². The first-order valence-electron chi connectivity index (χ1n) is 8.96. The zero-order valence-electron chi connectivity index (χ0n) is 16.5. The Bertz CT molecular complexity index is 379. The second-order valence-corrected chi connectivity index (χ2v) is 7.23. The van der Waals surface area contributed by atoms with Gasteiger partial charge in [-0.05, 0) is 38.3 Å². The third kappa shape index (κ3) is 23.0. The normalized spacial score (nSPS) is 11.9. The predicted octanol–water partition coefficient (Wildman–Crippen LogP) is 0.769. The molecule has 25 heavy (non-hydrogen) atoms. The molecule has 0 spiro atoms. The molecular formula is C19H41N5O. The molecule has 0 aromatic heterocycles. The Kier molecular flexibility index (Phi) is 17.2. The van der Waals surface area contributed by atoms with Gasteiger partial charge in [0.05, 0.1) is 6.61 Å². The topological polar surface area (TPSA) is 136 Å². The lowest BCUT2D eigenvalue weighted by Gasteiger charge is -2.12. The molecule has 148 valence electrons. The van der Waals surface area contributed by atoms with Crippen LogP contribution in [0.2, 0.25) is 0 Å². The van der Waals surface area contributed by atoms with Crippen LogP contribution in [0.3, 0.4) is 0 Å². The van der Waals surface area contributed by atoms with Gasteiger partial charge in [0, 0.05) is 31.2 Å². The number of aliphatic hydroxyl groups excluding tert-OH is 1. The van der Waals surface area contributed by atoms with Gasteiger partial charge in [-0.25, -0.2) is 0 Å². The Balaban J connectivity index is 0. The van der Waals surface area contributed by atoms with Gasteiger partial charge in [-0.2, -0.15) is 0 Å². The Labute approximate surface area is 154 Å². The van der Waals surface area contributed by atoms with Crippen molar-refractivity contribution in [3.63, 3.8) is 0 Å². The van der Waals surface area contributed by atoms with Gasteiger partial charge >= 0.3 is 0 Å². The number of nitrogens with two attached hydrogens (primary N) is 4. The molecule has 0 aliphatic rings. The van der Waals surface area contributed by atoms with E-state index in [1.54, 1.807) is 13.8 Å². The Morgan fingerprint density at radius 3 is 1.96 bits per heavy atom. The minimum Gasteiger partial charge on any atom is -0.394 e. The smallest absolute Gasteiger partial charge is 0.0605 e. The van der Waals surface area contributed by atoms with Crippen LogP contribution in [0.25, 0.3) is 0 Å². The number of aliphatic hydroxyl groups is 1. The van der Waals surface area contributed by atoms with Crippen LogP contribution >= 0.6 is 0 Å². The maximum absolute atomic E-state index is 8.28. The van der Waals surface area contributed by atoms with Crippen molar-refractivity contribution in [1.82, 2.24) is 5.32 Å². The van der Waals surface area contributed by atoms with E-state index in [9.17, 15) is 0 Å². The van der Waals surface area contributed by atoms with Gasteiger partial charge in [0.2, 0.25) is 0 Å². The van der Waals surface area contributed by atoms with E-state index >= 15 is 0 Å². The van der Waals surface area contributed by atoms with Gasteiger partial charge in [0.1, 0.15) is 0 Å². The summed E-state index contributed by atoms with van der Waals surface area (Å²) < 4.78 is 0. The first-order chi connectivity index (χ1) is 11.7. The molecular weight excluding hydrogens is 314 g/mol. The lowest BCUT2D eigenvalue weighted by atomic mass is 10.1. The lowest BCUT2D eigenvalue weighted by molar-refractivity contribution is 0.221. The Morgan fingerprint density at radius 2 is 1.64 bits per heavy atom. The third-order valence-corrected chi connectivity index (χ3v) is 3.03. The molecule has 1 aromatic rings. The van der Waals surface area contributed by atoms with Crippen LogP contribution in [0.15, 0.2) is 30.3 Å². The van der Waals surface area contributed by atoms with E-state index in [0.29, 0.717) is 6.54 Å². The molecule has 1 atom stereocenters. The Morgan fingerprint density at radius 1 is 1.12 bits per heavy atom. The van der Waals surface area contributed by atoms with E-state index in [-0.39, 0.29) is 12.6 Å². The number of rotatable bonds is 8. The summed E-state index contributed by atoms with van der Waals surface area (Å²) in [5.74, 6) is 0.773. The molecule has 1 unspecified atom stereocenters. The van der Waals surface area contributed by atoms with E-state index < -0.39 is 5.54 Å². The maximum Gasteiger partial charge on any atom is 0.0605 e. The summed E-state index contributed by atoms with van der Waals surface area (Å²) >= 11 is 0. The fraction of sp³-hybridized carbons (Fsp3) is 0.684. The van der Waals surface area contributed by atoms with Crippen LogP contribution in [0.4, 0.5) is 0 Å². The molecule has 6 heteroatoms. The van der Waals surface area contributed by atoms with Crippen molar-refractivity contribution in [3.05, 3.63) is 35.9 Å². The quantitative estimate of drug-likeness (QED) is 0.407. The fourth-order valence-electron chi connectivity index (χ4n) is 1.41. The molecule has 0 heterocycles. The summed E-state index contributed by atoms with van der Waals surface area (Å²) in [4.78, 5) is 0. The zero-order chi connectivity index (χ0) is 19.7. The maximum atomic E-state index is 8.28. The second kappa shape index (κ2) is 16.4. The number of nitrogens with one attached hydrogen (secondary N) is 1. The molecule has 0 aliphatic heterocycles. The monoisotopic (exact) mass is 355 g/mol. The van der Waals surface area contributed by atoms with Crippen molar-refractivity contribution in [2.45, 2.75) is 52.2 Å². The van der Waals surface area contributed by atoms with Gasteiger partial charge < -0.3 is 33.4 Å². The predicted molar refractivity (Wildman–Crippen MR) is 109 cm³/mol. The van der Waals surface area contributed by atoms with Crippen LogP contribution in [0.1, 0.15) is 39.7 Å². The first kappa shape index (κ1) is 26.2. The third-order valence-electron chi connectivity index (χ3n) is 3.03. The molecule has 6 nitrogen and oxygen atoms in total.